The second kappa shape index (κ2) is 4.86. The van der Waals surface area contributed by atoms with Gasteiger partial charge >= 0.3 is 0 Å². The number of hydrogen-bond acceptors (Lipinski definition) is 3. The van der Waals surface area contributed by atoms with Crippen molar-refractivity contribution in [3.05, 3.63) is 42.0 Å². The van der Waals surface area contributed by atoms with E-state index in [0.717, 1.165) is 11.3 Å². The maximum absolute atomic E-state index is 13.3. The van der Waals surface area contributed by atoms with Crippen molar-refractivity contribution in [2.75, 3.05) is 0 Å². The van der Waals surface area contributed by atoms with E-state index in [1.807, 2.05) is 23.1 Å². The van der Waals surface area contributed by atoms with Gasteiger partial charge in [0.25, 0.3) is 0 Å². The molecular formula is C13H13ClFN5. The molecule has 3 aromatic rings. The van der Waals surface area contributed by atoms with E-state index >= 15 is 0 Å². The van der Waals surface area contributed by atoms with Gasteiger partial charge in [-0.3, -0.25) is 0 Å². The van der Waals surface area contributed by atoms with Crippen LogP contribution in [0.1, 0.15) is 24.6 Å². The maximum Gasteiger partial charge on any atom is 0.155 e. The van der Waals surface area contributed by atoms with Crippen molar-refractivity contribution in [3.63, 3.8) is 0 Å². The molecule has 2 aromatic heterocycles. The normalized spacial score (nSPS) is 13.0. The zero-order valence-corrected chi connectivity index (χ0v) is 11.8. The van der Waals surface area contributed by atoms with Gasteiger partial charge in [0.15, 0.2) is 5.82 Å². The summed E-state index contributed by atoms with van der Waals surface area (Å²) >= 11 is 5.97. The van der Waals surface area contributed by atoms with Crippen LogP contribution in [0.4, 0.5) is 4.39 Å². The molecule has 0 spiro atoms. The van der Waals surface area contributed by atoms with E-state index < -0.39 is 0 Å². The van der Waals surface area contributed by atoms with Crippen LogP contribution in [0.2, 0.25) is 0 Å². The van der Waals surface area contributed by atoms with Gasteiger partial charge in [0, 0.05) is 13.1 Å². The van der Waals surface area contributed by atoms with Crippen molar-refractivity contribution in [1.82, 2.24) is 24.3 Å². The Morgan fingerprint density at radius 3 is 2.85 bits per heavy atom. The number of aryl methyl sites for hydroxylation is 1. The first-order valence-electron chi connectivity index (χ1n) is 6.18. The largest absolute Gasteiger partial charge is 0.319 e. The number of rotatable bonds is 3. The van der Waals surface area contributed by atoms with Crippen LogP contribution >= 0.6 is 11.6 Å². The molecule has 1 aromatic carbocycles. The summed E-state index contributed by atoms with van der Waals surface area (Å²) in [5.74, 6) is 1.41. The highest BCUT2D eigenvalue weighted by molar-refractivity contribution is 6.16. The predicted molar refractivity (Wildman–Crippen MR) is 74.1 cm³/mol. The molecule has 2 heterocycles. The van der Waals surface area contributed by atoms with Gasteiger partial charge in [-0.25, -0.2) is 9.37 Å². The van der Waals surface area contributed by atoms with E-state index in [4.69, 9.17) is 11.6 Å². The lowest BCUT2D eigenvalue weighted by Crippen LogP contribution is -2.14. The Morgan fingerprint density at radius 1 is 1.40 bits per heavy atom. The van der Waals surface area contributed by atoms with E-state index in [0.29, 0.717) is 11.3 Å². The van der Waals surface area contributed by atoms with Crippen molar-refractivity contribution in [2.45, 2.75) is 18.8 Å². The van der Waals surface area contributed by atoms with Gasteiger partial charge in [0.1, 0.15) is 18.0 Å². The molecule has 3 rings (SSSR count). The molecule has 20 heavy (non-hydrogen) atoms. The number of nitrogens with zero attached hydrogens (tertiary/aromatic N) is 5. The molecule has 1 atom stereocenters. The van der Waals surface area contributed by atoms with Gasteiger partial charge in [-0.05, 0) is 19.1 Å². The highest BCUT2D eigenvalue weighted by Crippen LogP contribution is 2.26. The fourth-order valence-corrected chi connectivity index (χ4v) is 2.62. The van der Waals surface area contributed by atoms with Crippen molar-refractivity contribution in [1.29, 1.82) is 0 Å². The van der Waals surface area contributed by atoms with Gasteiger partial charge < -0.3 is 9.13 Å². The molecule has 5 nitrogen and oxygen atoms in total. The summed E-state index contributed by atoms with van der Waals surface area (Å²) in [7, 11) is 1.88. The fourth-order valence-electron chi connectivity index (χ4n) is 2.43. The standard InChI is InChI=1S/C13H13ClFN5/c1-8(13-18-16-7-19(13)2)20-11-4-3-9(15)5-10(11)17-12(20)6-14/h3-5,7-8H,6H2,1-2H3. The summed E-state index contributed by atoms with van der Waals surface area (Å²) in [6, 6.07) is 4.44. The molecule has 0 radical (unpaired) electrons. The van der Waals surface area contributed by atoms with Crippen molar-refractivity contribution < 1.29 is 4.39 Å². The lowest BCUT2D eigenvalue weighted by atomic mass is 10.2. The zero-order valence-electron chi connectivity index (χ0n) is 11.1. The van der Waals surface area contributed by atoms with Crippen LogP contribution in [0.5, 0.6) is 0 Å². The van der Waals surface area contributed by atoms with E-state index in [1.54, 1.807) is 12.4 Å². The molecule has 0 amide bonds. The molecule has 0 aliphatic rings. The molecule has 0 aliphatic carbocycles. The lowest BCUT2D eigenvalue weighted by molar-refractivity contribution is 0.571. The summed E-state index contributed by atoms with van der Waals surface area (Å²) in [5.41, 5.74) is 1.42. The minimum atomic E-state index is -0.311. The molecule has 0 N–H and O–H groups in total. The highest BCUT2D eigenvalue weighted by atomic mass is 35.5. The third-order valence-electron chi connectivity index (χ3n) is 3.35. The Kier molecular flexibility index (Phi) is 3.17. The van der Waals surface area contributed by atoms with Crippen molar-refractivity contribution in [3.8, 4) is 0 Å². The Bertz CT molecular complexity index is 763. The average molecular weight is 294 g/mol. The van der Waals surface area contributed by atoms with Crippen molar-refractivity contribution >= 4 is 22.6 Å². The lowest BCUT2D eigenvalue weighted by Gasteiger charge is -2.16. The first kappa shape index (κ1) is 13.1. The van der Waals surface area contributed by atoms with E-state index in [1.165, 1.54) is 12.1 Å². The smallest absolute Gasteiger partial charge is 0.155 e. The van der Waals surface area contributed by atoms with Gasteiger partial charge in [-0.1, -0.05) is 0 Å². The van der Waals surface area contributed by atoms with Crippen LogP contribution < -0.4 is 0 Å². The zero-order chi connectivity index (χ0) is 14.3. The topological polar surface area (TPSA) is 48.5 Å². The Morgan fingerprint density at radius 2 is 2.20 bits per heavy atom. The summed E-state index contributed by atoms with van der Waals surface area (Å²) in [4.78, 5) is 4.39. The molecular weight excluding hydrogens is 281 g/mol. The van der Waals surface area contributed by atoms with E-state index in [9.17, 15) is 4.39 Å². The third-order valence-corrected chi connectivity index (χ3v) is 3.59. The van der Waals surface area contributed by atoms with Gasteiger partial charge in [0.05, 0.1) is 23.0 Å². The molecule has 1 unspecified atom stereocenters. The van der Waals surface area contributed by atoms with Crippen LogP contribution in [-0.4, -0.2) is 24.3 Å². The first-order chi connectivity index (χ1) is 9.61. The molecule has 0 aliphatic heterocycles. The molecule has 0 bridgehead atoms. The monoisotopic (exact) mass is 293 g/mol. The van der Waals surface area contributed by atoms with Gasteiger partial charge in [0.2, 0.25) is 0 Å². The Hall–Kier alpha value is -1.95. The number of imidazole rings is 1. The summed E-state index contributed by atoms with van der Waals surface area (Å²) in [6.45, 7) is 1.99. The average Bonchev–Trinajstić information content (AvgIpc) is 3.00. The van der Waals surface area contributed by atoms with E-state index in [-0.39, 0.29) is 17.7 Å². The molecule has 0 fully saturated rings. The van der Waals surface area contributed by atoms with Crippen LogP contribution in [0.25, 0.3) is 11.0 Å². The highest BCUT2D eigenvalue weighted by Gasteiger charge is 2.20. The van der Waals surface area contributed by atoms with Crippen molar-refractivity contribution in [2.24, 2.45) is 7.05 Å². The Labute approximate surface area is 120 Å². The minimum absolute atomic E-state index is 0.0910. The second-order valence-corrected chi connectivity index (χ2v) is 4.91. The molecule has 0 saturated carbocycles. The summed E-state index contributed by atoms with van der Waals surface area (Å²) < 4.78 is 17.1. The number of aromatic nitrogens is 5. The number of benzene rings is 1. The number of fused-ring (bicyclic) bond motifs is 1. The third kappa shape index (κ3) is 1.96. The van der Waals surface area contributed by atoms with Gasteiger partial charge in [-0.15, -0.1) is 21.8 Å². The SMILES string of the molecule is CC(c1nncn1C)n1c(CCl)nc2cc(F)ccc21. The second-order valence-electron chi connectivity index (χ2n) is 4.64. The first-order valence-corrected chi connectivity index (χ1v) is 6.71. The predicted octanol–water partition coefficient (Wildman–Crippen LogP) is 2.65. The summed E-state index contributed by atoms with van der Waals surface area (Å²) in [6.07, 6.45) is 1.64. The molecule has 7 heteroatoms. The molecule has 0 saturated heterocycles. The minimum Gasteiger partial charge on any atom is -0.319 e. The van der Waals surface area contributed by atoms with E-state index in [2.05, 4.69) is 15.2 Å². The van der Waals surface area contributed by atoms with Gasteiger partial charge in [-0.2, -0.15) is 0 Å². The number of hydrogen-bond donors (Lipinski definition) is 0. The van der Waals surface area contributed by atoms with Crippen LogP contribution in [0.3, 0.4) is 0 Å². The van der Waals surface area contributed by atoms with Crippen LogP contribution in [-0.2, 0) is 12.9 Å². The summed E-state index contributed by atoms with van der Waals surface area (Å²) in [5, 5.41) is 8.01. The quantitative estimate of drug-likeness (QED) is 0.698. The Balaban J connectivity index is 2.21. The van der Waals surface area contributed by atoms with Crippen LogP contribution in [0, 0.1) is 5.82 Å². The number of halogens is 2. The number of alkyl halides is 1. The fraction of sp³-hybridized carbons (Fsp3) is 0.308. The van der Waals surface area contributed by atoms with Crippen LogP contribution in [0.15, 0.2) is 24.5 Å². The maximum atomic E-state index is 13.3. The molecule has 104 valence electrons.